The monoisotopic (exact) mass is 455 g/mol. The highest BCUT2D eigenvalue weighted by molar-refractivity contribution is 7.89. The molecule has 3 rings (SSSR count). The lowest BCUT2D eigenvalue weighted by Gasteiger charge is -2.37. The topological polar surface area (TPSA) is 60.9 Å². The van der Waals surface area contributed by atoms with Crippen molar-refractivity contribution < 1.29 is 13.2 Å². The third-order valence-electron chi connectivity index (χ3n) is 5.02. The Labute approximate surface area is 181 Å². The van der Waals surface area contributed by atoms with Crippen LogP contribution in [0.25, 0.3) is 0 Å². The van der Waals surface area contributed by atoms with Gasteiger partial charge in [-0.15, -0.1) is 0 Å². The van der Waals surface area contributed by atoms with Gasteiger partial charge in [0.2, 0.25) is 15.9 Å². The minimum absolute atomic E-state index is 0.110. The van der Waals surface area contributed by atoms with Gasteiger partial charge in [-0.25, -0.2) is 8.42 Å². The maximum absolute atomic E-state index is 12.7. The highest BCUT2D eigenvalue weighted by atomic mass is 35.5. The van der Waals surface area contributed by atoms with E-state index in [0.717, 1.165) is 15.6 Å². The molecule has 1 saturated heterocycles. The Morgan fingerprint density at radius 2 is 1.59 bits per heavy atom. The molecule has 0 unspecified atom stereocenters. The number of amides is 1. The number of nitrogens with zero attached hydrogens (tertiary/aromatic N) is 3. The van der Waals surface area contributed by atoms with E-state index in [9.17, 15) is 13.2 Å². The van der Waals surface area contributed by atoms with Crippen LogP contribution in [0.3, 0.4) is 0 Å². The van der Waals surface area contributed by atoms with Crippen LogP contribution < -0.4 is 4.90 Å². The number of anilines is 1. The summed E-state index contributed by atoms with van der Waals surface area (Å²) >= 11 is 11.9. The Morgan fingerprint density at radius 3 is 2.21 bits per heavy atom. The van der Waals surface area contributed by atoms with Crippen LogP contribution in [0, 0.1) is 6.92 Å². The molecule has 1 fully saturated rings. The van der Waals surface area contributed by atoms with Crippen molar-refractivity contribution in [3.05, 3.63) is 58.1 Å². The van der Waals surface area contributed by atoms with Crippen LogP contribution >= 0.6 is 23.2 Å². The van der Waals surface area contributed by atoms with Crippen molar-refractivity contribution in [3.63, 3.8) is 0 Å². The van der Waals surface area contributed by atoms with Gasteiger partial charge in [0.15, 0.2) is 0 Å². The summed E-state index contributed by atoms with van der Waals surface area (Å²) in [7, 11) is -2.34. The highest BCUT2D eigenvalue weighted by Gasteiger charge is 2.27. The molecule has 9 heteroatoms. The molecular weight excluding hydrogens is 433 g/mol. The molecule has 2 aromatic carbocycles. The Balaban J connectivity index is 1.60. The summed E-state index contributed by atoms with van der Waals surface area (Å²) in [6.45, 7) is 4.21. The van der Waals surface area contributed by atoms with Crippen LogP contribution in [0.15, 0.2) is 47.4 Å². The molecule has 6 nitrogen and oxygen atoms in total. The highest BCUT2D eigenvalue weighted by Crippen LogP contribution is 2.25. The predicted octanol–water partition coefficient (Wildman–Crippen LogP) is 3.27. The molecule has 29 heavy (non-hydrogen) atoms. The minimum atomic E-state index is -3.75. The molecular formula is C20H23Cl2N3O3S. The smallest absolute Gasteiger partial charge is 0.243 e. The molecule has 0 aliphatic carbocycles. The second-order valence-corrected chi connectivity index (χ2v) is 9.93. The first-order valence-electron chi connectivity index (χ1n) is 9.19. The number of carbonyl (C=O) groups excluding carboxylic acids is 1. The second kappa shape index (κ2) is 8.92. The van der Waals surface area contributed by atoms with Crippen molar-refractivity contribution >= 4 is 44.8 Å². The average molecular weight is 456 g/mol. The molecule has 0 radical (unpaired) electrons. The number of hydrogen-bond donors (Lipinski definition) is 0. The number of rotatable bonds is 5. The maximum Gasteiger partial charge on any atom is 0.243 e. The molecule has 0 bridgehead atoms. The van der Waals surface area contributed by atoms with Gasteiger partial charge in [-0.05, 0) is 48.9 Å². The number of aryl methyl sites for hydroxylation is 1. The van der Waals surface area contributed by atoms with Crippen molar-refractivity contribution in [2.24, 2.45) is 0 Å². The number of sulfonamides is 1. The lowest BCUT2D eigenvalue weighted by Crippen LogP contribution is -2.51. The largest absolute Gasteiger partial charge is 0.368 e. The first-order chi connectivity index (χ1) is 13.7. The summed E-state index contributed by atoms with van der Waals surface area (Å²) in [5.74, 6) is -0.215. The summed E-state index contributed by atoms with van der Waals surface area (Å²) < 4.78 is 26.4. The normalized spacial score (nSPS) is 15.1. The first-order valence-corrected chi connectivity index (χ1v) is 11.4. The standard InChI is InChI=1S/C20H23Cl2N3O3S/c1-15-3-4-17(22)13-19(15)24-9-11-25(12-10-24)20(26)14-23(2)29(27,28)18-7-5-16(21)6-8-18/h3-8,13H,9-12,14H2,1-2H3. The van der Waals surface area contributed by atoms with Gasteiger partial charge >= 0.3 is 0 Å². The van der Waals surface area contributed by atoms with E-state index < -0.39 is 10.0 Å². The Bertz CT molecular complexity index is 989. The number of likely N-dealkylation sites (N-methyl/N-ethyl adjacent to an activating group) is 1. The molecule has 0 spiro atoms. The van der Waals surface area contributed by atoms with E-state index in [2.05, 4.69) is 4.90 Å². The lowest BCUT2D eigenvalue weighted by molar-refractivity contribution is -0.131. The quantitative estimate of drug-likeness (QED) is 0.693. The maximum atomic E-state index is 12.7. The molecule has 156 valence electrons. The molecule has 0 atom stereocenters. The summed E-state index contributed by atoms with van der Waals surface area (Å²) in [5, 5.41) is 1.13. The first kappa shape index (κ1) is 21.9. The zero-order chi connectivity index (χ0) is 21.2. The van der Waals surface area contributed by atoms with Gasteiger partial charge in [0, 0.05) is 49.0 Å². The minimum Gasteiger partial charge on any atom is -0.368 e. The summed E-state index contributed by atoms with van der Waals surface area (Å²) in [6.07, 6.45) is 0. The van der Waals surface area contributed by atoms with Gasteiger partial charge in [0.25, 0.3) is 0 Å². The third-order valence-corrected chi connectivity index (χ3v) is 7.33. The molecule has 1 heterocycles. The van der Waals surface area contributed by atoms with Crippen molar-refractivity contribution in [3.8, 4) is 0 Å². The van der Waals surface area contributed by atoms with E-state index in [4.69, 9.17) is 23.2 Å². The zero-order valence-corrected chi connectivity index (χ0v) is 18.6. The predicted molar refractivity (Wildman–Crippen MR) is 116 cm³/mol. The van der Waals surface area contributed by atoms with Gasteiger partial charge in [-0.3, -0.25) is 4.79 Å². The van der Waals surface area contributed by atoms with Crippen molar-refractivity contribution in [2.45, 2.75) is 11.8 Å². The van der Waals surface area contributed by atoms with Gasteiger partial charge in [-0.2, -0.15) is 4.31 Å². The fourth-order valence-electron chi connectivity index (χ4n) is 3.28. The van der Waals surface area contributed by atoms with Crippen molar-refractivity contribution in [1.29, 1.82) is 0 Å². The molecule has 0 saturated carbocycles. The Kier molecular flexibility index (Phi) is 6.73. The average Bonchev–Trinajstić information content (AvgIpc) is 2.70. The van der Waals surface area contributed by atoms with E-state index in [1.807, 2.05) is 25.1 Å². The van der Waals surface area contributed by atoms with E-state index in [1.54, 1.807) is 4.90 Å². The van der Waals surface area contributed by atoms with Gasteiger partial charge in [0.05, 0.1) is 11.4 Å². The lowest BCUT2D eigenvalue weighted by atomic mass is 10.1. The van der Waals surface area contributed by atoms with Crippen LogP contribution in [0.2, 0.25) is 10.0 Å². The van der Waals surface area contributed by atoms with Gasteiger partial charge < -0.3 is 9.80 Å². The van der Waals surface area contributed by atoms with Crippen LogP contribution in [-0.4, -0.2) is 63.3 Å². The zero-order valence-electron chi connectivity index (χ0n) is 16.3. The van der Waals surface area contributed by atoms with E-state index >= 15 is 0 Å². The third kappa shape index (κ3) is 5.04. The van der Waals surface area contributed by atoms with Gasteiger partial charge in [0.1, 0.15) is 0 Å². The number of carbonyl (C=O) groups is 1. The van der Waals surface area contributed by atoms with Crippen molar-refractivity contribution in [1.82, 2.24) is 9.21 Å². The fraction of sp³-hybridized carbons (Fsp3) is 0.350. The van der Waals surface area contributed by atoms with Crippen LogP contribution in [0.1, 0.15) is 5.56 Å². The number of benzene rings is 2. The molecule has 1 amide bonds. The van der Waals surface area contributed by atoms with Crippen molar-refractivity contribution in [2.75, 3.05) is 44.7 Å². The molecule has 0 N–H and O–H groups in total. The fourth-order valence-corrected chi connectivity index (χ4v) is 4.69. The molecule has 1 aliphatic rings. The Morgan fingerprint density at radius 1 is 1.00 bits per heavy atom. The number of hydrogen-bond acceptors (Lipinski definition) is 4. The van der Waals surface area contributed by atoms with E-state index in [1.165, 1.54) is 31.3 Å². The molecule has 0 aromatic heterocycles. The summed E-state index contributed by atoms with van der Waals surface area (Å²) in [5.41, 5.74) is 2.19. The molecule has 2 aromatic rings. The van der Waals surface area contributed by atoms with Crippen LogP contribution in [-0.2, 0) is 14.8 Å². The van der Waals surface area contributed by atoms with Crippen LogP contribution in [0.4, 0.5) is 5.69 Å². The van der Waals surface area contributed by atoms with Crippen LogP contribution in [0.5, 0.6) is 0 Å². The second-order valence-electron chi connectivity index (χ2n) is 7.01. The van der Waals surface area contributed by atoms with E-state index in [-0.39, 0.29) is 17.3 Å². The summed E-state index contributed by atoms with van der Waals surface area (Å²) in [4.78, 5) is 16.7. The molecule has 1 aliphatic heterocycles. The van der Waals surface area contributed by atoms with E-state index in [0.29, 0.717) is 36.2 Å². The Hall–Kier alpha value is -1.80. The number of halogens is 2. The van der Waals surface area contributed by atoms with Gasteiger partial charge in [-0.1, -0.05) is 29.3 Å². The SMILES string of the molecule is Cc1ccc(Cl)cc1N1CCN(C(=O)CN(C)S(=O)(=O)c2ccc(Cl)cc2)CC1. The number of piperazine rings is 1. The summed E-state index contributed by atoms with van der Waals surface area (Å²) in [6, 6.07) is 11.7.